The lowest BCUT2D eigenvalue weighted by atomic mass is 10.3. The first-order valence-electron chi connectivity index (χ1n) is 5.39. The third-order valence-electron chi connectivity index (χ3n) is 2.68. The number of nitrogens with one attached hydrogen (secondary N) is 1. The van der Waals surface area contributed by atoms with Crippen LogP contribution in [0, 0.1) is 5.92 Å². The summed E-state index contributed by atoms with van der Waals surface area (Å²) in [5.41, 5.74) is 5.45. The summed E-state index contributed by atoms with van der Waals surface area (Å²) in [4.78, 5) is 1.23. The lowest BCUT2D eigenvalue weighted by Gasteiger charge is -2.03. The van der Waals surface area contributed by atoms with Gasteiger partial charge in [-0.3, -0.25) is 0 Å². The molecule has 0 aromatic carbocycles. The maximum Gasteiger partial charge on any atom is 0.241 e. The Morgan fingerprint density at radius 1 is 1.50 bits per heavy atom. The summed E-state index contributed by atoms with van der Waals surface area (Å²) < 4.78 is 26.3. The normalized spacial score (nSPS) is 16.6. The molecular formula is C10H16N2O2S2. The van der Waals surface area contributed by atoms with Crippen LogP contribution in [0.5, 0.6) is 0 Å². The van der Waals surface area contributed by atoms with Gasteiger partial charge in [0.05, 0.1) is 4.90 Å². The van der Waals surface area contributed by atoms with Crippen LogP contribution in [0.2, 0.25) is 0 Å². The molecule has 0 aliphatic heterocycles. The number of hydrogen-bond acceptors (Lipinski definition) is 4. The highest BCUT2D eigenvalue weighted by Gasteiger charge is 2.22. The standard InChI is InChI=1S/C10H16N2O2S2/c11-6-9-5-10(7-15-9)16(13,14)12-4-3-8-1-2-8/h5,7-8,12H,1-4,6,11H2. The molecule has 2 rings (SSSR count). The summed E-state index contributed by atoms with van der Waals surface area (Å²) in [6.45, 7) is 0.934. The molecule has 0 unspecified atom stereocenters. The van der Waals surface area contributed by atoms with Crippen molar-refractivity contribution in [1.82, 2.24) is 4.72 Å². The largest absolute Gasteiger partial charge is 0.326 e. The zero-order valence-electron chi connectivity index (χ0n) is 8.98. The second-order valence-corrected chi connectivity index (χ2v) is 6.85. The second-order valence-electron chi connectivity index (χ2n) is 4.08. The number of hydrogen-bond donors (Lipinski definition) is 2. The van der Waals surface area contributed by atoms with Gasteiger partial charge in [-0.1, -0.05) is 12.8 Å². The first-order chi connectivity index (χ1) is 7.62. The van der Waals surface area contributed by atoms with Crippen LogP contribution in [0.3, 0.4) is 0 Å². The summed E-state index contributed by atoms with van der Waals surface area (Å²) in [5.74, 6) is 0.741. The van der Waals surface area contributed by atoms with Crippen molar-refractivity contribution < 1.29 is 8.42 Å². The molecular weight excluding hydrogens is 244 g/mol. The summed E-state index contributed by atoms with van der Waals surface area (Å²) in [6.07, 6.45) is 3.45. The molecule has 0 spiro atoms. The maximum absolute atomic E-state index is 11.8. The summed E-state index contributed by atoms with van der Waals surface area (Å²) in [5, 5.41) is 1.64. The average Bonchev–Trinajstić information content (AvgIpc) is 2.93. The van der Waals surface area contributed by atoms with E-state index in [1.54, 1.807) is 11.4 Å². The molecule has 1 aromatic heterocycles. The van der Waals surface area contributed by atoms with Crippen LogP contribution in [0.1, 0.15) is 24.1 Å². The van der Waals surface area contributed by atoms with Gasteiger partial charge in [0.15, 0.2) is 0 Å². The molecule has 0 bridgehead atoms. The lowest BCUT2D eigenvalue weighted by molar-refractivity contribution is 0.575. The van der Waals surface area contributed by atoms with Crippen molar-refractivity contribution >= 4 is 21.4 Å². The van der Waals surface area contributed by atoms with E-state index in [0.717, 1.165) is 17.2 Å². The number of thiophene rings is 1. The van der Waals surface area contributed by atoms with Gasteiger partial charge in [0.25, 0.3) is 0 Å². The molecule has 0 amide bonds. The van der Waals surface area contributed by atoms with Gasteiger partial charge in [-0.05, 0) is 18.4 Å². The Hall–Kier alpha value is -0.430. The van der Waals surface area contributed by atoms with Crippen LogP contribution < -0.4 is 10.5 Å². The Kier molecular flexibility index (Phi) is 3.63. The Balaban J connectivity index is 1.94. The minimum Gasteiger partial charge on any atom is -0.326 e. The number of nitrogens with two attached hydrogens (primary N) is 1. The van der Waals surface area contributed by atoms with Gasteiger partial charge in [-0.25, -0.2) is 13.1 Å². The highest BCUT2D eigenvalue weighted by atomic mass is 32.2. The first kappa shape index (κ1) is 12.0. The minimum atomic E-state index is -3.31. The van der Waals surface area contributed by atoms with Crippen LogP contribution >= 0.6 is 11.3 Å². The lowest BCUT2D eigenvalue weighted by Crippen LogP contribution is -2.24. The minimum absolute atomic E-state index is 0.341. The van der Waals surface area contributed by atoms with Gasteiger partial charge in [-0.15, -0.1) is 11.3 Å². The van der Waals surface area contributed by atoms with Crippen molar-refractivity contribution in [3.05, 3.63) is 16.3 Å². The molecule has 1 aromatic rings. The Labute approximate surface area is 99.9 Å². The quantitative estimate of drug-likeness (QED) is 0.809. The van der Waals surface area contributed by atoms with Crippen molar-refractivity contribution in [2.45, 2.75) is 30.7 Å². The summed E-state index contributed by atoms with van der Waals surface area (Å²) in [7, 11) is -3.31. The monoisotopic (exact) mass is 260 g/mol. The molecule has 0 radical (unpaired) electrons. The van der Waals surface area contributed by atoms with Crippen LogP contribution in [-0.4, -0.2) is 15.0 Å². The van der Waals surface area contributed by atoms with Crippen molar-refractivity contribution in [3.63, 3.8) is 0 Å². The molecule has 1 aliphatic rings. The molecule has 4 nitrogen and oxygen atoms in total. The SMILES string of the molecule is NCc1cc(S(=O)(=O)NCCC2CC2)cs1. The first-order valence-corrected chi connectivity index (χ1v) is 7.75. The second kappa shape index (κ2) is 4.83. The average molecular weight is 260 g/mol. The van der Waals surface area contributed by atoms with E-state index in [1.165, 1.54) is 24.2 Å². The molecule has 90 valence electrons. The molecule has 1 aliphatic carbocycles. The molecule has 6 heteroatoms. The molecule has 1 fully saturated rings. The van der Waals surface area contributed by atoms with Crippen LogP contribution in [-0.2, 0) is 16.6 Å². The van der Waals surface area contributed by atoms with E-state index in [4.69, 9.17) is 5.73 Å². The van der Waals surface area contributed by atoms with Gasteiger partial charge in [0.2, 0.25) is 10.0 Å². The molecule has 16 heavy (non-hydrogen) atoms. The fraction of sp³-hybridized carbons (Fsp3) is 0.600. The number of rotatable bonds is 6. The zero-order valence-corrected chi connectivity index (χ0v) is 10.6. The predicted octanol–water partition coefficient (Wildman–Crippen LogP) is 1.29. The van der Waals surface area contributed by atoms with E-state index in [-0.39, 0.29) is 0 Å². The van der Waals surface area contributed by atoms with Crippen LogP contribution in [0.25, 0.3) is 0 Å². The van der Waals surface area contributed by atoms with E-state index in [1.807, 2.05) is 0 Å². The third-order valence-corrected chi connectivity index (χ3v) is 5.23. The predicted molar refractivity (Wildman–Crippen MR) is 64.7 cm³/mol. The molecule has 0 atom stereocenters. The fourth-order valence-corrected chi connectivity index (χ4v) is 3.70. The maximum atomic E-state index is 11.8. The van der Waals surface area contributed by atoms with Crippen LogP contribution in [0.4, 0.5) is 0 Å². The van der Waals surface area contributed by atoms with Crippen molar-refractivity contribution in [3.8, 4) is 0 Å². The Morgan fingerprint density at radius 2 is 2.25 bits per heavy atom. The van der Waals surface area contributed by atoms with E-state index >= 15 is 0 Å². The fourth-order valence-electron chi connectivity index (χ4n) is 1.50. The molecule has 1 saturated carbocycles. The van der Waals surface area contributed by atoms with Gasteiger partial charge in [-0.2, -0.15) is 0 Å². The molecule has 3 N–H and O–H groups in total. The van der Waals surface area contributed by atoms with Gasteiger partial charge < -0.3 is 5.73 Å². The summed E-state index contributed by atoms with van der Waals surface area (Å²) in [6, 6.07) is 1.64. The Morgan fingerprint density at radius 3 is 2.81 bits per heavy atom. The van der Waals surface area contributed by atoms with E-state index in [0.29, 0.717) is 18.0 Å². The Bertz CT molecular complexity index is 449. The van der Waals surface area contributed by atoms with Crippen molar-refractivity contribution in [2.75, 3.05) is 6.54 Å². The van der Waals surface area contributed by atoms with E-state index in [2.05, 4.69) is 4.72 Å². The smallest absolute Gasteiger partial charge is 0.241 e. The summed E-state index contributed by atoms with van der Waals surface area (Å²) >= 11 is 1.38. The topological polar surface area (TPSA) is 72.2 Å². The van der Waals surface area contributed by atoms with Gasteiger partial charge in [0.1, 0.15) is 0 Å². The highest BCUT2D eigenvalue weighted by molar-refractivity contribution is 7.89. The third kappa shape index (κ3) is 3.04. The molecule has 1 heterocycles. The van der Waals surface area contributed by atoms with Gasteiger partial charge in [0, 0.05) is 23.3 Å². The van der Waals surface area contributed by atoms with Crippen LogP contribution in [0.15, 0.2) is 16.3 Å². The van der Waals surface area contributed by atoms with E-state index < -0.39 is 10.0 Å². The highest BCUT2D eigenvalue weighted by Crippen LogP contribution is 2.31. The van der Waals surface area contributed by atoms with E-state index in [9.17, 15) is 8.42 Å². The van der Waals surface area contributed by atoms with Crippen molar-refractivity contribution in [1.29, 1.82) is 0 Å². The molecule has 0 saturated heterocycles. The zero-order chi connectivity index (χ0) is 11.6. The van der Waals surface area contributed by atoms with Gasteiger partial charge >= 0.3 is 0 Å². The number of sulfonamides is 1. The van der Waals surface area contributed by atoms with Crippen molar-refractivity contribution in [2.24, 2.45) is 11.7 Å².